The predicted octanol–water partition coefficient (Wildman–Crippen LogP) is 3.29. The van der Waals surface area contributed by atoms with Crippen LogP contribution in [0.5, 0.6) is 0 Å². The lowest BCUT2D eigenvalue weighted by Crippen LogP contribution is -2.35. The maximum Gasteiger partial charge on any atom is 0.323 e. The summed E-state index contributed by atoms with van der Waals surface area (Å²) in [5, 5.41) is 9.07. The number of rotatable bonds is 7. The van der Waals surface area contributed by atoms with Gasteiger partial charge in [-0.1, -0.05) is 67.6 Å². The fourth-order valence-corrected chi connectivity index (χ4v) is 2.49. The molecule has 0 heterocycles. The van der Waals surface area contributed by atoms with Gasteiger partial charge in [-0.15, -0.1) is 0 Å². The van der Waals surface area contributed by atoms with Crippen molar-refractivity contribution in [2.75, 3.05) is 6.54 Å². The van der Waals surface area contributed by atoms with E-state index in [1.807, 2.05) is 67.6 Å². The molecule has 1 N–H and O–H groups in total. The summed E-state index contributed by atoms with van der Waals surface area (Å²) in [6.07, 6.45) is 0.296. The highest BCUT2D eigenvalue weighted by atomic mass is 16.4. The molecule has 4 nitrogen and oxygen atoms in total. The van der Waals surface area contributed by atoms with Gasteiger partial charge in [0.25, 0.3) is 0 Å². The third-order valence-electron chi connectivity index (χ3n) is 3.74. The molecule has 0 saturated carbocycles. The summed E-state index contributed by atoms with van der Waals surface area (Å²) in [6, 6.07) is 19.2. The molecule has 1 unspecified atom stereocenters. The molecule has 0 aliphatic carbocycles. The predicted molar refractivity (Wildman–Crippen MR) is 89.0 cm³/mol. The Kier molecular flexibility index (Phi) is 5.92. The van der Waals surface area contributed by atoms with Gasteiger partial charge in [0.15, 0.2) is 0 Å². The highest BCUT2D eigenvalue weighted by Crippen LogP contribution is 2.20. The van der Waals surface area contributed by atoms with Gasteiger partial charge >= 0.3 is 5.97 Å². The molecule has 0 radical (unpaired) electrons. The van der Waals surface area contributed by atoms with E-state index >= 15 is 0 Å². The molecule has 23 heavy (non-hydrogen) atoms. The molecule has 1 atom stereocenters. The highest BCUT2D eigenvalue weighted by molar-refractivity contribution is 5.81. The number of amides is 1. The van der Waals surface area contributed by atoms with Gasteiger partial charge in [0, 0.05) is 13.0 Å². The zero-order valence-corrected chi connectivity index (χ0v) is 13.2. The first-order valence-corrected chi connectivity index (χ1v) is 7.64. The molecule has 2 aromatic carbocycles. The third-order valence-corrected chi connectivity index (χ3v) is 3.74. The Bertz CT molecular complexity index is 640. The van der Waals surface area contributed by atoms with Crippen molar-refractivity contribution < 1.29 is 14.7 Å². The van der Waals surface area contributed by atoms with Crippen LogP contribution in [0.25, 0.3) is 0 Å². The second-order valence-corrected chi connectivity index (χ2v) is 5.64. The highest BCUT2D eigenvalue weighted by Gasteiger charge is 2.20. The van der Waals surface area contributed by atoms with E-state index in [4.69, 9.17) is 5.11 Å². The van der Waals surface area contributed by atoms with Gasteiger partial charge < -0.3 is 10.0 Å². The summed E-state index contributed by atoms with van der Waals surface area (Å²) in [5.41, 5.74) is 2.00. The Balaban J connectivity index is 2.05. The fraction of sp³-hybridized carbons (Fsp3) is 0.263. The second-order valence-electron chi connectivity index (χ2n) is 5.64. The monoisotopic (exact) mass is 311 g/mol. The van der Waals surface area contributed by atoms with E-state index in [2.05, 4.69) is 0 Å². The van der Waals surface area contributed by atoms with Crippen LogP contribution in [0.2, 0.25) is 0 Å². The summed E-state index contributed by atoms with van der Waals surface area (Å²) in [5.74, 6) is -1.09. The molecule has 120 valence electrons. The molecule has 0 aliphatic rings. The normalized spacial score (nSPS) is 11.7. The van der Waals surface area contributed by atoms with Crippen molar-refractivity contribution in [1.29, 1.82) is 0 Å². The molecule has 0 saturated heterocycles. The molecule has 2 rings (SSSR count). The van der Waals surface area contributed by atoms with E-state index in [0.717, 1.165) is 11.1 Å². The van der Waals surface area contributed by atoms with E-state index < -0.39 is 5.97 Å². The second kappa shape index (κ2) is 8.13. The van der Waals surface area contributed by atoms with E-state index in [1.54, 1.807) is 0 Å². The minimum Gasteiger partial charge on any atom is -0.480 e. The summed E-state index contributed by atoms with van der Waals surface area (Å²) in [4.78, 5) is 25.0. The number of hydrogen-bond acceptors (Lipinski definition) is 2. The topological polar surface area (TPSA) is 57.6 Å². The maximum absolute atomic E-state index is 12.5. The minimum absolute atomic E-state index is 0.0516. The Hall–Kier alpha value is -2.62. The molecule has 1 amide bonds. The number of carbonyl (C=O) groups is 2. The van der Waals surface area contributed by atoms with E-state index in [9.17, 15) is 9.59 Å². The Morgan fingerprint density at radius 1 is 1.00 bits per heavy atom. The number of hydrogen-bond donors (Lipinski definition) is 1. The number of carboxylic acids is 1. The minimum atomic E-state index is -0.998. The third kappa shape index (κ3) is 5.25. The van der Waals surface area contributed by atoms with E-state index in [0.29, 0.717) is 13.0 Å². The maximum atomic E-state index is 12.5. The Morgan fingerprint density at radius 2 is 1.57 bits per heavy atom. The van der Waals surface area contributed by atoms with Crippen LogP contribution in [0.4, 0.5) is 0 Å². The van der Waals surface area contributed by atoms with E-state index in [1.165, 1.54) is 4.90 Å². The molecule has 0 bridgehead atoms. The SMILES string of the molecule is CC(CC(=O)N(CC(=O)O)Cc1ccccc1)c1ccccc1. The lowest BCUT2D eigenvalue weighted by molar-refractivity contribution is -0.145. The molecule has 0 aliphatic heterocycles. The molecule has 0 spiro atoms. The van der Waals surface area contributed by atoms with Crippen molar-refractivity contribution in [2.24, 2.45) is 0 Å². The van der Waals surface area contributed by atoms with Crippen LogP contribution in [0.1, 0.15) is 30.4 Å². The summed E-state index contributed by atoms with van der Waals surface area (Å²) >= 11 is 0. The van der Waals surface area contributed by atoms with Crippen LogP contribution >= 0.6 is 0 Å². The Morgan fingerprint density at radius 3 is 2.13 bits per heavy atom. The van der Waals surface area contributed by atoms with Crippen LogP contribution in [-0.4, -0.2) is 28.4 Å². The average Bonchev–Trinajstić information content (AvgIpc) is 2.55. The zero-order chi connectivity index (χ0) is 16.7. The van der Waals surface area contributed by atoms with Gasteiger partial charge in [-0.2, -0.15) is 0 Å². The van der Waals surface area contributed by atoms with Gasteiger partial charge in [0.2, 0.25) is 5.91 Å². The van der Waals surface area contributed by atoms with Crippen molar-refractivity contribution >= 4 is 11.9 Å². The van der Waals surface area contributed by atoms with Gasteiger partial charge in [-0.25, -0.2) is 0 Å². The van der Waals surface area contributed by atoms with Gasteiger partial charge in [0.05, 0.1) is 0 Å². The summed E-state index contributed by atoms with van der Waals surface area (Å²) in [7, 11) is 0. The first kappa shape index (κ1) is 16.7. The average molecular weight is 311 g/mol. The molecule has 0 fully saturated rings. The lowest BCUT2D eigenvalue weighted by atomic mass is 9.97. The van der Waals surface area contributed by atoms with E-state index in [-0.39, 0.29) is 18.4 Å². The number of nitrogens with zero attached hydrogens (tertiary/aromatic N) is 1. The first-order chi connectivity index (χ1) is 11.1. The van der Waals surface area contributed by atoms with Crippen molar-refractivity contribution in [1.82, 2.24) is 4.90 Å². The fourth-order valence-electron chi connectivity index (χ4n) is 2.49. The molecule has 0 aromatic heterocycles. The van der Waals surface area contributed by atoms with Gasteiger partial charge in [-0.3, -0.25) is 9.59 Å². The van der Waals surface area contributed by atoms with Crippen LogP contribution in [-0.2, 0) is 16.1 Å². The Labute approximate surface area is 136 Å². The number of aliphatic carboxylic acids is 1. The molecular weight excluding hydrogens is 290 g/mol. The standard InChI is InChI=1S/C19H21NO3/c1-15(17-10-6-3-7-11-17)12-18(21)20(14-19(22)23)13-16-8-4-2-5-9-16/h2-11,15H,12-14H2,1H3,(H,22,23). The van der Waals surface area contributed by atoms with Crippen molar-refractivity contribution in [3.63, 3.8) is 0 Å². The van der Waals surface area contributed by atoms with Crippen LogP contribution in [0.15, 0.2) is 60.7 Å². The van der Waals surface area contributed by atoms with Crippen molar-refractivity contribution in [2.45, 2.75) is 25.8 Å². The molecule has 4 heteroatoms. The first-order valence-electron chi connectivity index (χ1n) is 7.64. The lowest BCUT2D eigenvalue weighted by Gasteiger charge is -2.23. The quantitative estimate of drug-likeness (QED) is 0.853. The van der Waals surface area contributed by atoms with Crippen molar-refractivity contribution in [3.05, 3.63) is 71.8 Å². The van der Waals surface area contributed by atoms with Crippen LogP contribution in [0.3, 0.4) is 0 Å². The summed E-state index contributed by atoms with van der Waals surface area (Å²) in [6.45, 7) is 2.01. The smallest absolute Gasteiger partial charge is 0.323 e. The molecule has 2 aromatic rings. The zero-order valence-electron chi connectivity index (χ0n) is 13.2. The summed E-state index contributed by atoms with van der Waals surface area (Å²) < 4.78 is 0. The van der Waals surface area contributed by atoms with Gasteiger partial charge in [-0.05, 0) is 17.0 Å². The number of carbonyl (C=O) groups excluding carboxylic acids is 1. The number of carboxylic acid groups (broad SMARTS) is 1. The van der Waals surface area contributed by atoms with Gasteiger partial charge in [0.1, 0.15) is 6.54 Å². The largest absolute Gasteiger partial charge is 0.480 e. The molecular formula is C19H21NO3. The number of benzene rings is 2. The van der Waals surface area contributed by atoms with Crippen LogP contribution < -0.4 is 0 Å². The van der Waals surface area contributed by atoms with Crippen LogP contribution in [0, 0.1) is 0 Å². The van der Waals surface area contributed by atoms with Crippen molar-refractivity contribution in [3.8, 4) is 0 Å².